The third-order valence-electron chi connectivity index (χ3n) is 2.96. The molecule has 0 radical (unpaired) electrons. The summed E-state index contributed by atoms with van der Waals surface area (Å²) in [4.78, 5) is 14.1. The maximum Gasteiger partial charge on any atom is 0.251 e. The quantitative estimate of drug-likeness (QED) is 0.625. The summed E-state index contributed by atoms with van der Waals surface area (Å²) >= 11 is 2.23. The minimum atomic E-state index is 0.0126. The highest BCUT2D eigenvalue weighted by molar-refractivity contribution is 14.1. The van der Waals surface area contributed by atoms with Gasteiger partial charge in [-0.1, -0.05) is 0 Å². The lowest BCUT2D eigenvalue weighted by Crippen LogP contribution is -2.31. The smallest absolute Gasteiger partial charge is 0.251 e. The van der Waals surface area contributed by atoms with Crippen LogP contribution in [0.2, 0.25) is 0 Å². The molecule has 18 heavy (non-hydrogen) atoms. The zero-order chi connectivity index (χ0) is 13.5. The van der Waals surface area contributed by atoms with Crippen molar-refractivity contribution in [3.8, 4) is 0 Å². The van der Waals surface area contributed by atoms with Gasteiger partial charge in [0.2, 0.25) is 0 Å². The molecule has 0 atom stereocenters. The van der Waals surface area contributed by atoms with Crippen LogP contribution >= 0.6 is 22.6 Å². The van der Waals surface area contributed by atoms with Gasteiger partial charge in [-0.2, -0.15) is 0 Å². The first-order chi connectivity index (χ1) is 8.50. The van der Waals surface area contributed by atoms with Crippen molar-refractivity contribution < 1.29 is 4.79 Å². The fourth-order valence-corrected chi connectivity index (χ4v) is 1.85. The Morgan fingerprint density at radius 1 is 1.33 bits per heavy atom. The van der Waals surface area contributed by atoms with Crippen molar-refractivity contribution in [2.24, 2.45) is 0 Å². The van der Waals surface area contributed by atoms with Gasteiger partial charge < -0.3 is 10.2 Å². The Labute approximate surface area is 123 Å². The second-order valence-corrected chi connectivity index (χ2v) is 5.94. The van der Waals surface area contributed by atoms with E-state index in [4.69, 9.17) is 0 Å². The van der Waals surface area contributed by atoms with Gasteiger partial charge in [0.1, 0.15) is 0 Å². The largest absolute Gasteiger partial charge is 0.352 e. The number of hydrogen-bond acceptors (Lipinski definition) is 2. The van der Waals surface area contributed by atoms with E-state index in [0.29, 0.717) is 6.04 Å². The van der Waals surface area contributed by atoms with Crippen molar-refractivity contribution >= 4 is 28.5 Å². The lowest BCUT2D eigenvalue weighted by molar-refractivity contribution is 0.0951. The van der Waals surface area contributed by atoms with Gasteiger partial charge in [0.25, 0.3) is 5.91 Å². The molecule has 4 heteroatoms. The Morgan fingerprint density at radius 3 is 2.50 bits per heavy atom. The van der Waals surface area contributed by atoms with Crippen LogP contribution in [0.1, 0.15) is 30.6 Å². The summed E-state index contributed by atoms with van der Waals surface area (Å²) in [6, 6.07) is 8.16. The number of nitrogens with zero attached hydrogens (tertiary/aromatic N) is 1. The second kappa shape index (κ2) is 7.74. The monoisotopic (exact) mass is 360 g/mol. The number of rotatable bonds is 6. The van der Waals surface area contributed by atoms with Gasteiger partial charge >= 0.3 is 0 Å². The number of amides is 1. The zero-order valence-electron chi connectivity index (χ0n) is 11.2. The van der Waals surface area contributed by atoms with E-state index < -0.39 is 0 Å². The van der Waals surface area contributed by atoms with Crippen LogP contribution in [0.3, 0.4) is 0 Å². The molecule has 100 valence electrons. The van der Waals surface area contributed by atoms with E-state index in [1.54, 1.807) is 0 Å². The molecule has 1 amide bonds. The molecule has 1 aromatic rings. The van der Waals surface area contributed by atoms with Crippen LogP contribution in [-0.4, -0.2) is 37.0 Å². The first-order valence-electron chi connectivity index (χ1n) is 6.24. The standard InChI is InChI=1S/C14H21IN2O/c1-11(2)17(3)10-4-9-16-14(18)12-5-7-13(15)8-6-12/h5-8,11H,4,9-10H2,1-3H3,(H,16,18). The molecule has 0 saturated carbocycles. The Bertz CT molecular complexity index is 376. The summed E-state index contributed by atoms with van der Waals surface area (Å²) in [5.74, 6) is 0.0126. The van der Waals surface area contributed by atoms with Crippen molar-refractivity contribution in [1.82, 2.24) is 10.2 Å². The van der Waals surface area contributed by atoms with Gasteiger partial charge in [-0.05, 0) is 80.7 Å². The summed E-state index contributed by atoms with van der Waals surface area (Å²) in [5, 5.41) is 2.94. The van der Waals surface area contributed by atoms with Crippen LogP contribution in [0.5, 0.6) is 0 Å². The molecule has 0 heterocycles. The fraction of sp³-hybridized carbons (Fsp3) is 0.500. The Kier molecular flexibility index (Phi) is 6.63. The fourth-order valence-electron chi connectivity index (χ4n) is 1.49. The average molecular weight is 360 g/mol. The lowest BCUT2D eigenvalue weighted by Gasteiger charge is -2.20. The van der Waals surface area contributed by atoms with Gasteiger partial charge in [0.05, 0.1) is 0 Å². The molecular weight excluding hydrogens is 339 g/mol. The van der Waals surface area contributed by atoms with Crippen molar-refractivity contribution in [3.63, 3.8) is 0 Å². The molecule has 1 rings (SSSR count). The molecule has 1 N–H and O–H groups in total. The van der Waals surface area contributed by atoms with Gasteiger partial charge in [-0.15, -0.1) is 0 Å². The van der Waals surface area contributed by atoms with E-state index in [2.05, 4.69) is 53.7 Å². The molecule has 0 aromatic heterocycles. The van der Waals surface area contributed by atoms with Crippen LogP contribution in [0.15, 0.2) is 24.3 Å². The number of hydrogen-bond donors (Lipinski definition) is 1. The van der Waals surface area contributed by atoms with Crippen molar-refractivity contribution in [2.75, 3.05) is 20.1 Å². The summed E-state index contributed by atoms with van der Waals surface area (Å²) in [6.45, 7) is 6.07. The summed E-state index contributed by atoms with van der Waals surface area (Å²) in [5.41, 5.74) is 0.729. The predicted octanol–water partition coefficient (Wildman–Crippen LogP) is 2.75. The molecule has 3 nitrogen and oxygen atoms in total. The average Bonchev–Trinajstić information content (AvgIpc) is 2.34. The molecular formula is C14H21IN2O. The minimum Gasteiger partial charge on any atom is -0.352 e. The molecule has 0 aliphatic heterocycles. The van der Waals surface area contributed by atoms with Crippen LogP contribution in [-0.2, 0) is 0 Å². The van der Waals surface area contributed by atoms with Crippen molar-refractivity contribution in [2.45, 2.75) is 26.3 Å². The highest BCUT2D eigenvalue weighted by atomic mass is 127. The molecule has 0 aliphatic rings. The summed E-state index contributed by atoms with van der Waals surface area (Å²) in [6.07, 6.45) is 0.977. The topological polar surface area (TPSA) is 32.3 Å². The number of nitrogens with one attached hydrogen (secondary N) is 1. The minimum absolute atomic E-state index is 0.0126. The molecule has 1 aromatic carbocycles. The van der Waals surface area contributed by atoms with Gasteiger partial charge in [-0.25, -0.2) is 0 Å². The number of benzene rings is 1. The van der Waals surface area contributed by atoms with Gasteiger partial charge in [0, 0.05) is 21.7 Å². The maximum absolute atomic E-state index is 11.8. The third kappa shape index (κ3) is 5.35. The lowest BCUT2D eigenvalue weighted by atomic mass is 10.2. The summed E-state index contributed by atoms with van der Waals surface area (Å²) < 4.78 is 1.14. The molecule has 0 unspecified atom stereocenters. The first-order valence-corrected chi connectivity index (χ1v) is 7.32. The molecule has 0 aliphatic carbocycles. The van der Waals surface area contributed by atoms with Gasteiger partial charge in [-0.3, -0.25) is 4.79 Å². The van der Waals surface area contributed by atoms with Crippen molar-refractivity contribution in [3.05, 3.63) is 33.4 Å². The van der Waals surface area contributed by atoms with E-state index in [0.717, 1.165) is 28.6 Å². The third-order valence-corrected chi connectivity index (χ3v) is 3.68. The zero-order valence-corrected chi connectivity index (χ0v) is 13.4. The van der Waals surface area contributed by atoms with E-state index in [1.165, 1.54) is 0 Å². The van der Waals surface area contributed by atoms with Crippen LogP contribution in [0.4, 0.5) is 0 Å². The SMILES string of the molecule is CC(C)N(C)CCCNC(=O)c1ccc(I)cc1. The highest BCUT2D eigenvalue weighted by Gasteiger charge is 2.05. The normalized spacial score (nSPS) is 11.0. The maximum atomic E-state index is 11.8. The van der Waals surface area contributed by atoms with Crippen LogP contribution in [0, 0.1) is 3.57 Å². The first kappa shape index (κ1) is 15.4. The number of carbonyl (C=O) groups excluding carboxylic acids is 1. The number of halogens is 1. The summed E-state index contributed by atoms with van der Waals surface area (Å²) in [7, 11) is 2.10. The highest BCUT2D eigenvalue weighted by Crippen LogP contribution is 2.06. The predicted molar refractivity (Wildman–Crippen MR) is 83.9 cm³/mol. The second-order valence-electron chi connectivity index (χ2n) is 4.69. The van der Waals surface area contributed by atoms with E-state index in [9.17, 15) is 4.79 Å². The Balaban J connectivity index is 2.27. The molecule has 0 saturated heterocycles. The van der Waals surface area contributed by atoms with Gasteiger partial charge in [0.15, 0.2) is 0 Å². The van der Waals surface area contributed by atoms with E-state index >= 15 is 0 Å². The van der Waals surface area contributed by atoms with Crippen molar-refractivity contribution in [1.29, 1.82) is 0 Å². The van der Waals surface area contributed by atoms with Crippen LogP contribution in [0.25, 0.3) is 0 Å². The molecule has 0 bridgehead atoms. The number of carbonyl (C=O) groups is 1. The van der Waals surface area contributed by atoms with Crippen LogP contribution < -0.4 is 5.32 Å². The van der Waals surface area contributed by atoms with E-state index in [-0.39, 0.29) is 5.91 Å². The molecule has 0 fully saturated rings. The Morgan fingerprint density at radius 2 is 1.94 bits per heavy atom. The van der Waals surface area contributed by atoms with E-state index in [1.807, 2.05) is 24.3 Å². The molecule has 0 spiro atoms. The Hall–Kier alpha value is -0.620.